The first-order valence-electron chi connectivity index (χ1n) is 14.2. The van der Waals surface area contributed by atoms with Crippen LogP contribution in [0.1, 0.15) is 74.6 Å². The summed E-state index contributed by atoms with van der Waals surface area (Å²) in [6.07, 6.45) is 9.94. The standard InChI is InChI=1S/C34H42F2O5/c1-5-6-7-10-26-13-15-27(16-14-26)17-18-30-20-19-29(31(35)32(30)36)12-9-8-11-28(22-40-33(38)24(2)3)23-41-34(39)25(4)21-37/h13-20,28,37H,2,4-12,21-23H2,1,3H3/b18-17+. The molecule has 222 valence electrons. The molecule has 1 atom stereocenters. The van der Waals surface area contributed by atoms with Crippen LogP contribution in [0, 0.1) is 17.6 Å². The third-order valence-electron chi connectivity index (χ3n) is 6.73. The first-order valence-corrected chi connectivity index (χ1v) is 14.2. The lowest BCUT2D eigenvalue weighted by atomic mass is 9.99. The van der Waals surface area contributed by atoms with E-state index in [-0.39, 0.29) is 41.4 Å². The van der Waals surface area contributed by atoms with E-state index >= 15 is 0 Å². The molecule has 0 saturated heterocycles. The van der Waals surface area contributed by atoms with Crippen molar-refractivity contribution in [3.8, 4) is 0 Å². The first kappa shape index (κ1) is 33.6. The minimum atomic E-state index is -0.879. The van der Waals surface area contributed by atoms with Crippen molar-refractivity contribution in [1.82, 2.24) is 0 Å². The van der Waals surface area contributed by atoms with Gasteiger partial charge >= 0.3 is 11.9 Å². The molecule has 2 aromatic rings. The molecule has 0 aromatic heterocycles. The molecule has 0 aliphatic carbocycles. The Hall–Kier alpha value is -3.58. The number of aliphatic hydroxyl groups is 1. The molecular formula is C34H42F2O5. The maximum Gasteiger partial charge on any atom is 0.335 e. The third-order valence-corrected chi connectivity index (χ3v) is 6.73. The van der Waals surface area contributed by atoms with Crippen molar-refractivity contribution in [3.05, 3.63) is 94.6 Å². The second-order valence-corrected chi connectivity index (χ2v) is 10.3. The number of benzene rings is 2. The Morgan fingerprint density at radius 1 is 0.878 bits per heavy atom. The highest BCUT2D eigenvalue weighted by molar-refractivity contribution is 5.88. The van der Waals surface area contributed by atoms with Gasteiger partial charge in [0.1, 0.15) is 0 Å². The van der Waals surface area contributed by atoms with Gasteiger partial charge in [-0.1, -0.05) is 87.9 Å². The predicted molar refractivity (Wildman–Crippen MR) is 159 cm³/mol. The third kappa shape index (κ3) is 11.8. The molecule has 41 heavy (non-hydrogen) atoms. The fourth-order valence-electron chi connectivity index (χ4n) is 4.13. The molecule has 0 spiro atoms. The highest BCUT2D eigenvalue weighted by Crippen LogP contribution is 2.22. The van der Waals surface area contributed by atoms with Crippen molar-refractivity contribution < 1.29 is 33.0 Å². The Morgan fingerprint density at radius 3 is 2.17 bits per heavy atom. The number of carbonyl (C=O) groups excluding carboxylic acids is 2. The molecular weight excluding hydrogens is 526 g/mol. The quantitative estimate of drug-likeness (QED) is 0.0878. The van der Waals surface area contributed by atoms with Crippen molar-refractivity contribution in [3.63, 3.8) is 0 Å². The van der Waals surface area contributed by atoms with Gasteiger partial charge < -0.3 is 14.6 Å². The monoisotopic (exact) mass is 568 g/mol. The number of halogens is 2. The largest absolute Gasteiger partial charge is 0.462 e. The number of rotatable bonds is 18. The summed E-state index contributed by atoms with van der Waals surface area (Å²) >= 11 is 0. The Labute approximate surface area is 242 Å². The fraction of sp³-hybridized carbons (Fsp3) is 0.412. The van der Waals surface area contributed by atoms with E-state index in [1.54, 1.807) is 24.3 Å². The van der Waals surface area contributed by atoms with Crippen molar-refractivity contribution in [2.45, 2.75) is 65.2 Å². The van der Waals surface area contributed by atoms with Crippen LogP contribution < -0.4 is 0 Å². The van der Waals surface area contributed by atoms with Crippen molar-refractivity contribution >= 4 is 24.1 Å². The van der Waals surface area contributed by atoms with Gasteiger partial charge in [0.25, 0.3) is 0 Å². The van der Waals surface area contributed by atoms with E-state index in [9.17, 15) is 18.4 Å². The van der Waals surface area contributed by atoms with Crippen LogP contribution in [0.4, 0.5) is 8.78 Å². The zero-order chi connectivity index (χ0) is 30.2. The van der Waals surface area contributed by atoms with E-state index in [0.29, 0.717) is 25.7 Å². The van der Waals surface area contributed by atoms with Gasteiger partial charge in [-0.05, 0) is 55.7 Å². The molecule has 0 heterocycles. The number of aryl methyl sites for hydroxylation is 2. The van der Waals surface area contributed by atoms with Crippen LogP contribution in [-0.4, -0.2) is 36.9 Å². The van der Waals surface area contributed by atoms with Gasteiger partial charge in [-0.3, -0.25) is 0 Å². The minimum Gasteiger partial charge on any atom is -0.462 e. The average Bonchev–Trinajstić information content (AvgIpc) is 2.97. The number of esters is 2. The number of ether oxygens (including phenoxy) is 2. The van der Waals surface area contributed by atoms with Gasteiger partial charge in [0, 0.05) is 17.1 Å². The second kappa shape index (κ2) is 18.0. The lowest BCUT2D eigenvalue weighted by molar-refractivity contribution is -0.144. The van der Waals surface area contributed by atoms with Gasteiger partial charge in [-0.15, -0.1) is 0 Å². The van der Waals surface area contributed by atoms with E-state index in [2.05, 4.69) is 32.2 Å². The first-order chi connectivity index (χ1) is 19.7. The normalized spacial score (nSPS) is 11.8. The molecule has 0 bridgehead atoms. The summed E-state index contributed by atoms with van der Waals surface area (Å²) in [4.78, 5) is 23.6. The van der Waals surface area contributed by atoms with Gasteiger partial charge in [0.15, 0.2) is 11.6 Å². The molecule has 0 amide bonds. The van der Waals surface area contributed by atoms with E-state index in [0.717, 1.165) is 18.4 Å². The highest BCUT2D eigenvalue weighted by atomic mass is 19.2. The minimum absolute atomic E-state index is 0.0101. The van der Waals surface area contributed by atoms with Crippen molar-refractivity contribution in [2.24, 2.45) is 5.92 Å². The molecule has 7 heteroatoms. The zero-order valence-electron chi connectivity index (χ0n) is 24.2. The molecule has 0 aliphatic rings. The van der Waals surface area contributed by atoms with E-state index in [4.69, 9.17) is 14.6 Å². The van der Waals surface area contributed by atoms with Crippen LogP contribution in [0.3, 0.4) is 0 Å². The number of carbonyl (C=O) groups is 2. The second-order valence-electron chi connectivity index (χ2n) is 10.3. The summed E-state index contributed by atoms with van der Waals surface area (Å²) in [5.74, 6) is -3.33. The smallest absolute Gasteiger partial charge is 0.335 e. The van der Waals surface area contributed by atoms with Crippen LogP contribution in [0.2, 0.25) is 0 Å². The summed E-state index contributed by atoms with van der Waals surface area (Å²) in [6, 6.07) is 11.3. The predicted octanol–water partition coefficient (Wildman–Crippen LogP) is 7.41. The molecule has 2 aromatic carbocycles. The highest BCUT2D eigenvalue weighted by Gasteiger charge is 2.17. The zero-order valence-corrected chi connectivity index (χ0v) is 24.2. The van der Waals surface area contributed by atoms with Crippen LogP contribution in [0.25, 0.3) is 12.2 Å². The average molecular weight is 569 g/mol. The van der Waals surface area contributed by atoms with Crippen LogP contribution in [0.15, 0.2) is 60.7 Å². The summed E-state index contributed by atoms with van der Waals surface area (Å²) in [6.45, 7) is 10.1. The van der Waals surface area contributed by atoms with Crippen LogP contribution in [0.5, 0.6) is 0 Å². The van der Waals surface area contributed by atoms with Crippen molar-refractivity contribution in [1.29, 1.82) is 0 Å². The Kier molecular flexibility index (Phi) is 14.7. The lowest BCUT2D eigenvalue weighted by Crippen LogP contribution is -2.22. The Bertz CT molecular complexity index is 1200. The van der Waals surface area contributed by atoms with Crippen LogP contribution >= 0.6 is 0 Å². The maximum atomic E-state index is 14.8. The summed E-state index contributed by atoms with van der Waals surface area (Å²) in [7, 11) is 0. The molecule has 0 fully saturated rings. The lowest BCUT2D eigenvalue weighted by Gasteiger charge is -2.17. The van der Waals surface area contributed by atoms with Crippen molar-refractivity contribution in [2.75, 3.05) is 19.8 Å². The SMILES string of the molecule is C=C(C)C(=O)OCC(CCCCc1ccc(/C=C/c2ccc(CCCCC)cc2)c(F)c1F)COC(=O)C(=C)CO. The fourth-order valence-corrected chi connectivity index (χ4v) is 4.13. The summed E-state index contributed by atoms with van der Waals surface area (Å²) < 4.78 is 40.0. The Morgan fingerprint density at radius 2 is 1.54 bits per heavy atom. The maximum absolute atomic E-state index is 14.8. The van der Waals surface area contributed by atoms with Gasteiger partial charge in [0.05, 0.1) is 25.4 Å². The summed E-state index contributed by atoms with van der Waals surface area (Å²) in [5.41, 5.74) is 2.83. The molecule has 1 unspecified atom stereocenters. The van der Waals surface area contributed by atoms with Gasteiger partial charge in [-0.2, -0.15) is 0 Å². The van der Waals surface area contributed by atoms with Gasteiger partial charge in [0.2, 0.25) is 0 Å². The van der Waals surface area contributed by atoms with Gasteiger partial charge in [-0.25, -0.2) is 18.4 Å². The molecule has 5 nitrogen and oxygen atoms in total. The number of aliphatic hydroxyl groups excluding tert-OH is 1. The summed E-state index contributed by atoms with van der Waals surface area (Å²) in [5, 5.41) is 9.03. The molecule has 0 aliphatic heterocycles. The number of hydrogen-bond acceptors (Lipinski definition) is 5. The Balaban J connectivity index is 1.92. The molecule has 2 rings (SSSR count). The molecule has 0 saturated carbocycles. The number of unbranched alkanes of at least 4 members (excludes halogenated alkanes) is 3. The van der Waals surface area contributed by atoms with E-state index in [1.165, 1.54) is 25.3 Å². The van der Waals surface area contributed by atoms with E-state index < -0.39 is 30.2 Å². The molecule has 1 N–H and O–H groups in total. The topological polar surface area (TPSA) is 72.8 Å². The van der Waals surface area contributed by atoms with E-state index in [1.807, 2.05) is 12.1 Å². The van der Waals surface area contributed by atoms with Crippen LogP contribution in [-0.2, 0) is 31.9 Å². The number of hydrogen-bond donors (Lipinski definition) is 1. The molecule has 0 radical (unpaired) electrons.